The van der Waals surface area contributed by atoms with Gasteiger partial charge in [-0.2, -0.15) is 15.0 Å². The fourth-order valence-electron chi connectivity index (χ4n) is 5.36. The third-order valence-corrected chi connectivity index (χ3v) is 7.73. The number of hydrogen-bond acceptors (Lipinski definition) is 12. The first-order valence-electron chi connectivity index (χ1n) is 13.6. The first-order chi connectivity index (χ1) is 19.9. The molecule has 1 amide bonds. The Bertz CT molecular complexity index is 1390. The SMILES string of the molecule is Cc1cc(Nc2nc(N3C[C@H](N)C[C@H](N)C3)nc(N3C[C@H](N)C[C@H](N)C3)n2)cc(Cl)c1NC(=O)c1ccc(Cl)cc1O. The van der Waals surface area contributed by atoms with Gasteiger partial charge in [0.1, 0.15) is 5.75 Å². The molecule has 5 rings (SSSR count). The number of nitrogens with two attached hydrogens (primary N) is 4. The molecule has 224 valence electrons. The lowest BCUT2D eigenvalue weighted by Gasteiger charge is -2.37. The number of carbonyl (C=O) groups is 1. The summed E-state index contributed by atoms with van der Waals surface area (Å²) in [6.45, 7) is 4.01. The summed E-state index contributed by atoms with van der Waals surface area (Å²) in [4.78, 5) is 30.9. The summed E-state index contributed by atoms with van der Waals surface area (Å²) in [7, 11) is 0. The second-order valence-electron chi connectivity index (χ2n) is 11.0. The van der Waals surface area contributed by atoms with Crippen LogP contribution in [-0.2, 0) is 0 Å². The number of amides is 1. The van der Waals surface area contributed by atoms with Crippen molar-refractivity contribution < 1.29 is 9.90 Å². The second-order valence-corrected chi connectivity index (χ2v) is 11.8. The van der Waals surface area contributed by atoms with E-state index >= 15 is 0 Å². The third-order valence-electron chi connectivity index (χ3n) is 7.19. The molecule has 3 heterocycles. The van der Waals surface area contributed by atoms with Crippen molar-refractivity contribution in [1.82, 2.24) is 15.0 Å². The number of piperidine rings is 2. The number of phenolic OH excluding ortho intramolecular Hbond substituents is 1. The Kier molecular flexibility index (Phi) is 8.87. The fraction of sp³-hybridized carbons (Fsp3) is 0.407. The van der Waals surface area contributed by atoms with Crippen LogP contribution in [-0.4, -0.2) is 76.3 Å². The van der Waals surface area contributed by atoms with Gasteiger partial charge in [-0.05, 0) is 55.7 Å². The summed E-state index contributed by atoms with van der Waals surface area (Å²) in [6, 6.07) is 7.26. The van der Waals surface area contributed by atoms with E-state index in [4.69, 9.17) is 51.1 Å². The zero-order valence-corrected chi connectivity index (χ0v) is 24.6. The predicted octanol–water partition coefficient (Wildman–Crippen LogP) is 1.92. The lowest BCUT2D eigenvalue weighted by atomic mass is 10.0. The Morgan fingerprint density at radius 2 is 1.43 bits per heavy atom. The van der Waals surface area contributed by atoms with Gasteiger partial charge in [-0.3, -0.25) is 4.79 Å². The van der Waals surface area contributed by atoms with Crippen LogP contribution in [0.5, 0.6) is 5.75 Å². The number of phenols is 1. The zero-order valence-electron chi connectivity index (χ0n) is 23.1. The van der Waals surface area contributed by atoms with Crippen molar-refractivity contribution in [2.24, 2.45) is 22.9 Å². The summed E-state index contributed by atoms with van der Waals surface area (Å²) in [5, 5.41) is 16.7. The van der Waals surface area contributed by atoms with Gasteiger partial charge in [0, 0.05) is 61.1 Å². The topological polar surface area (TPSA) is 211 Å². The van der Waals surface area contributed by atoms with Gasteiger partial charge in [0.2, 0.25) is 17.8 Å². The normalized spacial score (nSPS) is 22.6. The summed E-state index contributed by atoms with van der Waals surface area (Å²) in [5.41, 5.74) is 26.7. The molecule has 2 saturated heterocycles. The van der Waals surface area contributed by atoms with Crippen molar-refractivity contribution in [2.75, 3.05) is 46.6 Å². The zero-order chi connectivity index (χ0) is 30.1. The number of anilines is 5. The minimum atomic E-state index is -0.530. The quantitative estimate of drug-likeness (QED) is 0.212. The molecule has 11 N–H and O–H groups in total. The number of aromatic nitrogens is 3. The molecule has 0 radical (unpaired) electrons. The van der Waals surface area contributed by atoms with Gasteiger partial charge in [-0.25, -0.2) is 0 Å². The van der Waals surface area contributed by atoms with Crippen molar-refractivity contribution in [3.8, 4) is 5.75 Å². The Labute approximate surface area is 253 Å². The number of rotatable bonds is 6. The number of carbonyl (C=O) groups excluding carboxylic acids is 1. The monoisotopic (exact) mass is 615 g/mol. The highest BCUT2D eigenvalue weighted by Gasteiger charge is 2.29. The van der Waals surface area contributed by atoms with Crippen LogP contribution in [0, 0.1) is 6.92 Å². The average Bonchev–Trinajstić information content (AvgIpc) is 2.89. The van der Waals surface area contributed by atoms with E-state index in [-0.39, 0.29) is 46.5 Å². The number of aryl methyl sites for hydroxylation is 1. The molecule has 42 heavy (non-hydrogen) atoms. The Hall–Kier alpha value is -3.46. The van der Waals surface area contributed by atoms with Crippen LogP contribution >= 0.6 is 23.2 Å². The van der Waals surface area contributed by atoms with Crippen LogP contribution in [0.25, 0.3) is 0 Å². The summed E-state index contributed by atoms with van der Waals surface area (Å²) < 4.78 is 0. The van der Waals surface area contributed by atoms with Crippen LogP contribution < -0.4 is 43.4 Å². The van der Waals surface area contributed by atoms with Crippen LogP contribution in [0.4, 0.5) is 29.2 Å². The molecule has 0 unspecified atom stereocenters. The van der Waals surface area contributed by atoms with Gasteiger partial charge in [0.15, 0.2) is 0 Å². The standard InChI is InChI=1S/C27H35Cl2N11O2/c1-13-4-19(8-21(29)23(13)35-24(42)20-3-2-14(28)5-22(20)41)34-25-36-26(39-9-15(30)6-16(31)10-39)38-27(37-25)40-11-17(32)7-18(33)12-40/h2-5,8,15-18,41H,6-7,9-12,30-33H2,1H3,(H,35,42)(H,34,36,37,38)/t15-,16+,17-,18+. The summed E-state index contributed by atoms with van der Waals surface area (Å²) in [6.07, 6.45) is 1.43. The van der Waals surface area contributed by atoms with Crippen LogP contribution in [0.2, 0.25) is 10.0 Å². The number of aromatic hydroxyl groups is 1. The summed E-state index contributed by atoms with van der Waals surface area (Å²) >= 11 is 12.5. The van der Waals surface area contributed by atoms with E-state index in [0.717, 1.165) is 0 Å². The lowest BCUT2D eigenvalue weighted by molar-refractivity contribution is 0.102. The minimum absolute atomic E-state index is 0.0663. The minimum Gasteiger partial charge on any atom is -0.507 e. The molecule has 2 aromatic carbocycles. The van der Waals surface area contributed by atoms with E-state index in [0.29, 0.717) is 72.9 Å². The van der Waals surface area contributed by atoms with Crippen molar-refractivity contribution in [1.29, 1.82) is 0 Å². The van der Waals surface area contributed by atoms with Crippen molar-refractivity contribution >= 4 is 58.3 Å². The molecule has 0 spiro atoms. The van der Waals surface area contributed by atoms with E-state index in [2.05, 4.69) is 20.6 Å². The van der Waals surface area contributed by atoms with Gasteiger partial charge >= 0.3 is 0 Å². The molecule has 0 bridgehead atoms. The van der Waals surface area contributed by atoms with E-state index in [1.54, 1.807) is 19.1 Å². The Morgan fingerprint density at radius 3 is 1.93 bits per heavy atom. The van der Waals surface area contributed by atoms with Gasteiger partial charge < -0.3 is 48.5 Å². The average molecular weight is 617 g/mol. The number of halogens is 2. The van der Waals surface area contributed by atoms with E-state index in [1.807, 2.05) is 9.80 Å². The van der Waals surface area contributed by atoms with Crippen LogP contribution in [0.3, 0.4) is 0 Å². The van der Waals surface area contributed by atoms with Crippen molar-refractivity contribution in [3.63, 3.8) is 0 Å². The highest BCUT2D eigenvalue weighted by Crippen LogP contribution is 2.33. The number of benzene rings is 2. The smallest absolute Gasteiger partial charge is 0.259 e. The molecule has 0 aliphatic carbocycles. The largest absolute Gasteiger partial charge is 0.507 e. The highest BCUT2D eigenvalue weighted by molar-refractivity contribution is 6.34. The fourth-order valence-corrected chi connectivity index (χ4v) is 5.84. The number of nitrogens with one attached hydrogen (secondary N) is 2. The van der Waals surface area contributed by atoms with E-state index in [9.17, 15) is 9.90 Å². The van der Waals surface area contributed by atoms with Crippen LogP contribution in [0.1, 0.15) is 28.8 Å². The lowest BCUT2D eigenvalue weighted by Crippen LogP contribution is -2.54. The molecular formula is C27H35Cl2N11O2. The second kappa shape index (κ2) is 12.4. The molecule has 13 nitrogen and oxygen atoms in total. The third kappa shape index (κ3) is 6.94. The molecule has 15 heteroatoms. The van der Waals surface area contributed by atoms with Crippen LogP contribution in [0.15, 0.2) is 30.3 Å². The number of nitrogens with zero attached hydrogens (tertiary/aromatic N) is 5. The maximum absolute atomic E-state index is 12.8. The van der Waals surface area contributed by atoms with Gasteiger partial charge in [-0.15, -0.1) is 0 Å². The molecule has 0 saturated carbocycles. The highest BCUT2D eigenvalue weighted by atomic mass is 35.5. The maximum Gasteiger partial charge on any atom is 0.259 e. The molecule has 2 fully saturated rings. The molecule has 2 aliphatic rings. The first-order valence-corrected chi connectivity index (χ1v) is 14.4. The molecule has 4 atom stereocenters. The molecule has 1 aromatic heterocycles. The van der Waals surface area contributed by atoms with E-state index < -0.39 is 5.91 Å². The van der Waals surface area contributed by atoms with E-state index in [1.165, 1.54) is 18.2 Å². The Balaban J connectivity index is 1.43. The van der Waals surface area contributed by atoms with Crippen molar-refractivity contribution in [3.05, 3.63) is 51.5 Å². The Morgan fingerprint density at radius 1 is 0.881 bits per heavy atom. The predicted molar refractivity (Wildman–Crippen MR) is 166 cm³/mol. The molecule has 2 aliphatic heterocycles. The molecule has 3 aromatic rings. The molecular weight excluding hydrogens is 581 g/mol. The maximum atomic E-state index is 12.8. The first kappa shape index (κ1) is 30.0. The van der Waals surface area contributed by atoms with Gasteiger partial charge in [-0.1, -0.05) is 23.2 Å². The van der Waals surface area contributed by atoms with Gasteiger partial charge in [0.25, 0.3) is 5.91 Å². The summed E-state index contributed by atoms with van der Waals surface area (Å²) in [5.74, 6) is 0.400. The van der Waals surface area contributed by atoms with Crippen molar-refractivity contribution in [2.45, 2.75) is 43.9 Å². The van der Waals surface area contributed by atoms with Gasteiger partial charge in [0.05, 0.1) is 16.3 Å². The number of hydrogen-bond donors (Lipinski definition) is 7.